The molecule has 3 aromatic rings. The molecule has 1 aliphatic heterocycles. The van der Waals surface area contributed by atoms with Crippen molar-refractivity contribution in [3.63, 3.8) is 0 Å². The minimum atomic E-state index is -0.500. The number of methoxy groups -OCH3 is 1. The van der Waals surface area contributed by atoms with Crippen LogP contribution in [-0.4, -0.2) is 25.4 Å². The summed E-state index contributed by atoms with van der Waals surface area (Å²) in [4.78, 5) is 26.7. The molecular formula is C24H21NO4. The maximum atomic E-state index is 12.6. The number of rotatable bonds is 6. The van der Waals surface area contributed by atoms with Gasteiger partial charge in [0.25, 0.3) is 11.7 Å². The Hall–Kier alpha value is -3.60. The van der Waals surface area contributed by atoms with Gasteiger partial charge in [-0.15, -0.1) is 0 Å². The van der Waals surface area contributed by atoms with E-state index in [9.17, 15) is 9.59 Å². The highest BCUT2D eigenvalue weighted by molar-refractivity contribution is 6.52. The molecule has 0 bridgehead atoms. The first-order valence-electron chi connectivity index (χ1n) is 9.47. The highest BCUT2D eigenvalue weighted by Gasteiger charge is 2.35. The highest BCUT2D eigenvalue weighted by Crippen LogP contribution is 2.34. The molecule has 0 N–H and O–H groups in total. The Morgan fingerprint density at radius 1 is 0.828 bits per heavy atom. The lowest BCUT2D eigenvalue weighted by atomic mass is 10.0. The van der Waals surface area contributed by atoms with Crippen LogP contribution in [0.3, 0.4) is 0 Å². The number of ketones is 1. The van der Waals surface area contributed by atoms with Crippen molar-refractivity contribution >= 4 is 17.4 Å². The fourth-order valence-corrected chi connectivity index (χ4v) is 3.46. The van der Waals surface area contributed by atoms with Crippen LogP contribution in [0.4, 0.5) is 5.69 Å². The number of benzene rings is 3. The van der Waals surface area contributed by atoms with Crippen LogP contribution < -0.4 is 14.4 Å². The molecule has 0 fully saturated rings. The Morgan fingerprint density at radius 2 is 1.48 bits per heavy atom. The van der Waals surface area contributed by atoms with Crippen molar-refractivity contribution < 1.29 is 19.1 Å². The molecule has 0 atom stereocenters. The number of anilines is 1. The Morgan fingerprint density at radius 3 is 2.14 bits per heavy atom. The smallest absolute Gasteiger partial charge is 0.299 e. The summed E-state index contributed by atoms with van der Waals surface area (Å²) >= 11 is 0. The largest absolute Gasteiger partial charge is 0.497 e. The summed E-state index contributed by atoms with van der Waals surface area (Å²) in [5.74, 6) is 0.577. The number of ether oxygens (including phenoxy) is 2. The molecule has 5 heteroatoms. The fraction of sp³-hybridized carbons (Fsp3) is 0.167. The Balaban J connectivity index is 1.62. The van der Waals surface area contributed by atoms with Crippen LogP contribution in [0, 0.1) is 0 Å². The molecule has 0 spiro atoms. The number of carbonyl (C=O) groups is 2. The van der Waals surface area contributed by atoms with Gasteiger partial charge in [0.2, 0.25) is 0 Å². The molecule has 29 heavy (non-hydrogen) atoms. The van der Waals surface area contributed by atoms with E-state index in [4.69, 9.17) is 9.47 Å². The van der Waals surface area contributed by atoms with E-state index in [1.165, 1.54) is 4.90 Å². The molecule has 3 aromatic carbocycles. The van der Waals surface area contributed by atoms with Gasteiger partial charge in [0, 0.05) is 0 Å². The van der Waals surface area contributed by atoms with Crippen LogP contribution in [0.1, 0.15) is 22.8 Å². The third-order valence-corrected chi connectivity index (χ3v) is 4.97. The van der Waals surface area contributed by atoms with E-state index in [2.05, 4.69) is 0 Å². The molecule has 0 unspecified atom stereocenters. The Kier molecular flexibility index (Phi) is 5.04. The molecule has 0 aliphatic carbocycles. The normalized spacial score (nSPS) is 12.8. The van der Waals surface area contributed by atoms with Gasteiger partial charge in [-0.3, -0.25) is 9.59 Å². The monoisotopic (exact) mass is 387 g/mol. The number of fused-ring (bicyclic) bond motifs is 1. The number of Topliss-reactive ketones (excluding diaryl/α,β-unsaturated/α-hetero) is 1. The summed E-state index contributed by atoms with van der Waals surface area (Å²) in [6.45, 7) is 2.89. The second-order valence-electron chi connectivity index (χ2n) is 6.76. The molecule has 0 aromatic heterocycles. The molecule has 1 aliphatic rings. The zero-order valence-electron chi connectivity index (χ0n) is 16.3. The van der Waals surface area contributed by atoms with Crippen LogP contribution >= 0.6 is 0 Å². The molecule has 1 amide bonds. The van der Waals surface area contributed by atoms with E-state index >= 15 is 0 Å². The van der Waals surface area contributed by atoms with Gasteiger partial charge in [0.15, 0.2) is 0 Å². The Bertz CT molecular complexity index is 1060. The topological polar surface area (TPSA) is 55.8 Å². The Labute approximate surface area is 169 Å². The molecule has 0 saturated carbocycles. The number of carbonyl (C=O) groups excluding carboxylic acids is 2. The highest BCUT2D eigenvalue weighted by atomic mass is 16.5. The fourth-order valence-electron chi connectivity index (χ4n) is 3.46. The van der Waals surface area contributed by atoms with Gasteiger partial charge in [-0.25, -0.2) is 0 Å². The predicted octanol–water partition coefficient (Wildman–Crippen LogP) is 4.49. The van der Waals surface area contributed by atoms with Crippen LogP contribution in [0.2, 0.25) is 0 Å². The maximum absolute atomic E-state index is 12.6. The standard InChI is InChI=1S/C24H21NO4/c1-3-29-20-11-6-17(7-12-20)18-8-13-22-21(14-18)23(26)24(27)25(22)15-16-4-9-19(28-2)10-5-16/h4-14H,3,15H2,1-2H3. The SMILES string of the molecule is CCOc1ccc(-c2ccc3c(c2)C(=O)C(=O)N3Cc2ccc(OC)cc2)cc1. The van der Waals surface area contributed by atoms with Gasteiger partial charge in [-0.05, 0) is 60.0 Å². The van der Waals surface area contributed by atoms with Crippen LogP contribution in [0.15, 0.2) is 66.7 Å². The zero-order chi connectivity index (χ0) is 20.4. The van der Waals surface area contributed by atoms with Gasteiger partial charge in [0.1, 0.15) is 11.5 Å². The van der Waals surface area contributed by atoms with Gasteiger partial charge < -0.3 is 14.4 Å². The van der Waals surface area contributed by atoms with E-state index in [1.807, 2.05) is 67.6 Å². The first kappa shape index (κ1) is 18.7. The van der Waals surface area contributed by atoms with E-state index in [0.29, 0.717) is 24.4 Å². The zero-order valence-corrected chi connectivity index (χ0v) is 16.3. The van der Waals surface area contributed by atoms with Crippen LogP contribution in [-0.2, 0) is 11.3 Å². The summed E-state index contributed by atoms with van der Waals surface area (Å²) in [6, 6.07) is 20.7. The van der Waals surface area contributed by atoms with E-state index < -0.39 is 11.7 Å². The average molecular weight is 387 g/mol. The lowest BCUT2D eigenvalue weighted by molar-refractivity contribution is -0.114. The van der Waals surface area contributed by atoms with Gasteiger partial charge in [-0.1, -0.05) is 30.3 Å². The number of hydrogen-bond donors (Lipinski definition) is 0. The molecule has 146 valence electrons. The molecule has 4 rings (SSSR count). The van der Waals surface area contributed by atoms with Crippen molar-refractivity contribution in [2.75, 3.05) is 18.6 Å². The predicted molar refractivity (Wildman–Crippen MR) is 112 cm³/mol. The van der Waals surface area contributed by atoms with E-state index in [1.54, 1.807) is 13.2 Å². The number of hydrogen-bond acceptors (Lipinski definition) is 4. The van der Waals surface area contributed by atoms with Gasteiger partial charge in [-0.2, -0.15) is 0 Å². The van der Waals surface area contributed by atoms with Crippen molar-refractivity contribution in [2.45, 2.75) is 13.5 Å². The minimum absolute atomic E-state index is 0.337. The van der Waals surface area contributed by atoms with Crippen molar-refractivity contribution in [1.82, 2.24) is 0 Å². The van der Waals surface area contributed by atoms with Gasteiger partial charge in [0.05, 0.1) is 31.5 Å². The third kappa shape index (κ3) is 3.59. The van der Waals surface area contributed by atoms with E-state index in [0.717, 1.165) is 28.2 Å². The summed E-state index contributed by atoms with van der Waals surface area (Å²) < 4.78 is 10.6. The molecule has 1 heterocycles. The van der Waals surface area contributed by atoms with Crippen LogP contribution in [0.25, 0.3) is 11.1 Å². The first-order valence-corrected chi connectivity index (χ1v) is 9.47. The lowest BCUT2D eigenvalue weighted by Crippen LogP contribution is -2.29. The second-order valence-corrected chi connectivity index (χ2v) is 6.76. The molecule has 0 radical (unpaired) electrons. The minimum Gasteiger partial charge on any atom is -0.497 e. The van der Waals surface area contributed by atoms with Gasteiger partial charge >= 0.3 is 0 Å². The summed E-state index contributed by atoms with van der Waals surface area (Å²) in [5, 5.41) is 0. The van der Waals surface area contributed by atoms with Crippen molar-refractivity contribution in [1.29, 1.82) is 0 Å². The van der Waals surface area contributed by atoms with Crippen molar-refractivity contribution in [3.05, 3.63) is 77.9 Å². The van der Waals surface area contributed by atoms with Crippen LogP contribution in [0.5, 0.6) is 11.5 Å². The first-order chi connectivity index (χ1) is 14.1. The summed E-state index contributed by atoms with van der Waals surface area (Å²) in [5.41, 5.74) is 3.86. The quantitative estimate of drug-likeness (QED) is 0.585. The van der Waals surface area contributed by atoms with Crippen molar-refractivity contribution in [2.24, 2.45) is 0 Å². The lowest BCUT2D eigenvalue weighted by Gasteiger charge is -2.17. The summed E-state index contributed by atoms with van der Waals surface area (Å²) in [7, 11) is 1.61. The van der Waals surface area contributed by atoms with E-state index in [-0.39, 0.29) is 0 Å². The average Bonchev–Trinajstić information content (AvgIpc) is 2.99. The molecular weight excluding hydrogens is 366 g/mol. The van der Waals surface area contributed by atoms with Crippen molar-refractivity contribution in [3.8, 4) is 22.6 Å². The summed E-state index contributed by atoms with van der Waals surface area (Å²) in [6.07, 6.45) is 0. The maximum Gasteiger partial charge on any atom is 0.299 e. The number of amides is 1. The number of nitrogens with zero attached hydrogens (tertiary/aromatic N) is 1. The molecule has 0 saturated heterocycles. The second kappa shape index (κ2) is 7.80. The third-order valence-electron chi connectivity index (χ3n) is 4.97. The molecule has 5 nitrogen and oxygen atoms in total.